The predicted molar refractivity (Wildman–Crippen MR) is 94.3 cm³/mol. The molecule has 1 saturated heterocycles. The zero-order valence-corrected chi connectivity index (χ0v) is 14.6. The summed E-state index contributed by atoms with van der Waals surface area (Å²) in [5.41, 5.74) is 0.646. The monoisotopic (exact) mass is 390 g/mol. The number of halogens is 2. The number of amides is 1. The van der Waals surface area contributed by atoms with Gasteiger partial charge < -0.3 is 24.5 Å². The molecule has 2 N–H and O–H groups in total. The molecule has 4 rings (SSSR count). The molecule has 0 saturated carbocycles. The van der Waals surface area contributed by atoms with Gasteiger partial charge in [0.05, 0.1) is 12.7 Å². The molecular formula is C17H16F2N6O3. The number of piperidine rings is 1. The van der Waals surface area contributed by atoms with Crippen molar-refractivity contribution in [2.75, 3.05) is 18.4 Å². The van der Waals surface area contributed by atoms with Gasteiger partial charge >= 0.3 is 0 Å². The van der Waals surface area contributed by atoms with Gasteiger partial charge in [-0.15, -0.1) is 0 Å². The molecule has 1 amide bonds. The first-order valence-electron chi connectivity index (χ1n) is 8.48. The fourth-order valence-corrected chi connectivity index (χ4v) is 2.97. The van der Waals surface area contributed by atoms with Crippen molar-refractivity contribution in [2.45, 2.75) is 18.7 Å². The SMILES string of the molecule is C=CC(=O)N1CC[C@H](F)[C@H](Oc2nc(Nc3cnoc3)nc3[nH]cc(F)c23)C1. The second-order valence-electron chi connectivity index (χ2n) is 6.20. The van der Waals surface area contributed by atoms with Gasteiger partial charge in [0, 0.05) is 12.7 Å². The van der Waals surface area contributed by atoms with Crippen LogP contribution in [0.2, 0.25) is 0 Å². The van der Waals surface area contributed by atoms with Crippen LogP contribution >= 0.6 is 0 Å². The summed E-state index contributed by atoms with van der Waals surface area (Å²) in [6, 6.07) is 0. The maximum atomic E-state index is 14.4. The van der Waals surface area contributed by atoms with E-state index in [0.717, 1.165) is 12.3 Å². The van der Waals surface area contributed by atoms with E-state index in [9.17, 15) is 13.6 Å². The molecule has 1 aliphatic heterocycles. The van der Waals surface area contributed by atoms with Gasteiger partial charge in [0.25, 0.3) is 0 Å². The van der Waals surface area contributed by atoms with Crippen LogP contribution in [-0.4, -0.2) is 56.3 Å². The molecular weight excluding hydrogens is 374 g/mol. The molecule has 3 aromatic rings. The van der Waals surface area contributed by atoms with Gasteiger partial charge in [-0.05, 0) is 12.5 Å². The van der Waals surface area contributed by atoms with Crippen molar-refractivity contribution in [1.82, 2.24) is 25.0 Å². The van der Waals surface area contributed by atoms with Gasteiger partial charge in [0.2, 0.25) is 17.7 Å². The third-order valence-electron chi connectivity index (χ3n) is 4.37. The first kappa shape index (κ1) is 17.9. The number of fused-ring (bicyclic) bond motifs is 1. The largest absolute Gasteiger partial charge is 0.469 e. The van der Waals surface area contributed by atoms with Crippen LogP contribution in [0.4, 0.5) is 20.4 Å². The van der Waals surface area contributed by atoms with Gasteiger partial charge in [-0.2, -0.15) is 9.97 Å². The zero-order valence-electron chi connectivity index (χ0n) is 14.6. The van der Waals surface area contributed by atoms with Crippen LogP contribution in [0, 0.1) is 5.82 Å². The minimum Gasteiger partial charge on any atom is -0.469 e. The normalized spacial score (nSPS) is 19.6. The van der Waals surface area contributed by atoms with Crippen molar-refractivity contribution in [2.24, 2.45) is 0 Å². The number of rotatable bonds is 5. The summed E-state index contributed by atoms with van der Waals surface area (Å²) >= 11 is 0. The number of alkyl halides is 1. The summed E-state index contributed by atoms with van der Waals surface area (Å²) in [7, 11) is 0. The summed E-state index contributed by atoms with van der Waals surface area (Å²) in [5, 5.41) is 6.39. The van der Waals surface area contributed by atoms with E-state index < -0.39 is 18.1 Å². The first-order valence-corrected chi connectivity index (χ1v) is 8.48. The molecule has 0 radical (unpaired) electrons. The van der Waals surface area contributed by atoms with E-state index in [4.69, 9.17) is 9.26 Å². The van der Waals surface area contributed by atoms with Crippen molar-refractivity contribution < 1.29 is 22.8 Å². The van der Waals surface area contributed by atoms with Crippen LogP contribution in [0.25, 0.3) is 11.0 Å². The molecule has 0 unspecified atom stereocenters. The number of likely N-dealkylation sites (tertiary alicyclic amines) is 1. The highest BCUT2D eigenvalue weighted by Crippen LogP contribution is 2.30. The third kappa shape index (κ3) is 3.38. The number of aromatic amines is 1. The van der Waals surface area contributed by atoms with Gasteiger partial charge in [0.15, 0.2) is 5.82 Å². The fourth-order valence-electron chi connectivity index (χ4n) is 2.97. The Balaban J connectivity index is 1.65. The van der Waals surface area contributed by atoms with Gasteiger partial charge in [-0.1, -0.05) is 11.7 Å². The van der Waals surface area contributed by atoms with E-state index in [-0.39, 0.29) is 48.3 Å². The number of hydrogen-bond acceptors (Lipinski definition) is 7. The van der Waals surface area contributed by atoms with Crippen molar-refractivity contribution >= 4 is 28.6 Å². The highest BCUT2D eigenvalue weighted by atomic mass is 19.1. The summed E-state index contributed by atoms with van der Waals surface area (Å²) in [6.45, 7) is 3.69. The van der Waals surface area contributed by atoms with Crippen molar-refractivity contribution in [1.29, 1.82) is 0 Å². The molecule has 0 spiro atoms. The second-order valence-corrected chi connectivity index (χ2v) is 6.20. The second kappa shape index (κ2) is 7.25. The highest BCUT2D eigenvalue weighted by molar-refractivity contribution is 5.87. The molecule has 28 heavy (non-hydrogen) atoms. The van der Waals surface area contributed by atoms with E-state index in [0.29, 0.717) is 5.69 Å². The van der Waals surface area contributed by atoms with Crippen LogP contribution in [0.15, 0.2) is 35.8 Å². The van der Waals surface area contributed by atoms with E-state index in [2.05, 4.69) is 32.0 Å². The molecule has 0 aromatic carbocycles. The molecule has 1 aliphatic rings. The molecule has 3 aromatic heterocycles. The lowest BCUT2D eigenvalue weighted by atomic mass is 10.1. The number of carbonyl (C=O) groups is 1. The smallest absolute Gasteiger partial charge is 0.246 e. The van der Waals surface area contributed by atoms with Crippen LogP contribution in [-0.2, 0) is 4.79 Å². The quantitative estimate of drug-likeness (QED) is 0.644. The molecule has 0 aliphatic carbocycles. The number of nitrogens with zero attached hydrogens (tertiary/aromatic N) is 4. The Morgan fingerprint density at radius 1 is 1.50 bits per heavy atom. The molecule has 11 heteroatoms. The summed E-state index contributed by atoms with van der Waals surface area (Å²) in [5.74, 6) is -1.01. The van der Waals surface area contributed by atoms with Crippen LogP contribution < -0.4 is 10.1 Å². The summed E-state index contributed by atoms with van der Waals surface area (Å²) in [4.78, 5) is 24.3. The van der Waals surface area contributed by atoms with Crippen molar-refractivity contribution in [3.05, 3.63) is 37.1 Å². The average molecular weight is 390 g/mol. The maximum absolute atomic E-state index is 14.4. The number of nitrogens with one attached hydrogen (secondary N) is 2. The molecule has 1 fully saturated rings. The third-order valence-corrected chi connectivity index (χ3v) is 4.37. The van der Waals surface area contributed by atoms with Crippen molar-refractivity contribution in [3.8, 4) is 5.88 Å². The Morgan fingerprint density at radius 3 is 3.11 bits per heavy atom. The zero-order chi connectivity index (χ0) is 19.7. The molecule has 2 atom stereocenters. The Bertz CT molecular complexity index is 1010. The van der Waals surface area contributed by atoms with E-state index in [1.54, 1.807) is 0 Å². The lowest BCUT2D eigenvalue weighted by molar-refractivity contribution is -0.130. The standard InChI is InChI=1S/C17H16F2N6O3/c1-2-13(26)25-4-3-10(18)12(7-25)28-16-14-11(19)6-20-15(14)23-17(24-16)22-9-5-21-27-8-9/h2,5-6,8,10,12H,1,3-4,7H2,(H2,20,22,23,24)/t10-,12+/m0/s1. The summed E-state index contributed by atoms with van der Waals surface area (Å²) < 4.78 is 39.1. The molecule has 4 heterocycles. The topological polar surface area (TPSA) is 109 Å². The number of aromatic nitrogens is 4. The number of H-pyrrole nitrogens is 1. The van der Waals surface area contributed by atoms with Crippen molar-refractivity contribution in [3.63, 3.8) is 0 Å². The number of ether oxygens (including phenoxy) is 1. The Kier molecular flexibility index (Phi) is 4.63. The number of hydrogen-bond donors (Lipinski definition) is 2. The Morgan fingerprint density at radius 2 is 2.36 bits per heavy atom. The number of anilines is 2. The highest BCUT2D eigenvalue weighted by Gasteiger charge is 2.33. The molecule has 9 nitrogen and oxygen atoms in total. The van der Waals surface area contributed by atoms with Crippen LogP contribution in [0.3, 0.4) is 0 Å². The number of carbonyl (C=O) groups excluding carboxylic acids is 1. The van der Waals surface area contributed by atoms with Gasteiger partial charge in [-0.3, -0.25) is 4.79 Å². The fraction of sp³-hybridized carbons (Fsp3) is 0.294. The van der Waals surface area contributed by atoms with Crippen LogP contribution in [0.5, 0.6) is 5.88 Å². The molecule has 0 bridgehead atoms. The minimum absolute atomic E-state index is 0.00201. The van der Waals surface area contributed by atoms with E-state index in [1.165, 1.54) is 17.4 Å². The minimum atomic E-state index is -1.34. The predicted octanol–water partition coefficient (Wildman–Crippen LogP) is 2.33. The van der Waals surface area contributed by atoms with Gasteiger partial charge in [0.1, 0.15) is 35.3 Å². The van der Waals surface area contributed by atoms with Gasteiger partial charge in [-0.25, -0.2) is 8.78 Å². The Hall–Kier alpha value is -3.50. The lowest BCUT2D eigenvalue weighted by Gasteiger charge is -2.34. The summed E-state index contributed by atoms with van der Waals surface area (Å²) in [6.07, 6.45) is 2.76. The maximum Gasteiger partial charge on any atom is 0.246 e. The first-order chi connectivity index (χ1) is 13.5. The van der Waals surface area contributed by atoms with E-state index >= 15 is 0 Å². The van der Waals surface area contributed by atoms with E-state index in [1.807, 2.05) is 0 Å². The average Bonchev–Trinajstić information content (AvgIpc) is 3.33. The Labute approximate surface area is 157 Å². The van der Waals surface area contributed by atoms with Crippen LogP contribution in [0.1, 0.15) is 6.42 Å². The lowest BCUT2D eigenvalue weighted by Crippen LogP contribution is -2.49. The molecule has 146 valence electrons.